The van der Waals surface area contributed by atoms with E-state index >= 15 is 0 Å². The van der Waals surface area contributed by atoms with Gasteiger partial charge in [-0.1, -0.05) is 6.92 Å². The molecule has 1 fully saturated rings. The quantitative estimate of drug-likeness (QED) is 0.631. The molecule has 3 nitrogen and oxygen atoms in total. The van der Waals surface area contributed by atoms with Crippen LogP contribution in [0.15, 0.2) is 0 Å². The summed E-state index contributed by atoms with van der Waals surface area (Å²) >= 11 is 0. The van der Waals surface area contributed by atoms with Crippen LogP contribution >= 0.6 is 0 Å². The molecule has 3 heteroatoms. The van der Waals surface area contributed by atoms with E-state index in [0.29, 0.717) is 18.2 Å². The Balaban J connectivity index is 1.98. The van der Waals surface area contributed by atoms with E-state index in [2.05, 4.69) is 31.4 Å². The number of nitrogens with one attached hydrogen (secondary N) is 2. The van der Waals surface area contributed by atoms with Gasteiger partial charge in [-0.05, 0) is 39.7 Å². The van der Waals surface area contributed by atoms with E-state index in [9.17, 15) is 0 Å². The highest BCUT2D eigenvalue weighted by molar-refractivity contribution is 4.74. The molecule has 0 radical (unpaired) electrons. The normalized spacial score (nSPS) is 28.2. The van der Waals surface area contributed by atoms with Crippen LogP contribution in [-0.2, 0) is 4.74 Å². The van der Waals surface area contributed by atoms with Gasteiger partial charge in [-0.2, -0.15) is 0 Å². The lowest BCUT2D eigenvalue weighted by atomic mass is 10.2. The van der Waals surface area contributed by atoms with Gasteiger partial charge in [0.2, 0.25) is 0 Å². The van der Waals surface area contributed by atoms with Gasteiger partial charge in [-0.25, -0.2) is 0 Å². The van der Waals surface area contributed by atoms with Gasteiger partial charge >= 0.3 is 0 Å². The highest BCUT2D eigenvalue weighted by Crippen LogP contribution is 2.18. The minimum Gasteiger partial charge on any atom is -0.374 e. The number of hydrogen-bond donors (Lipinski definition) is 2. The minimum absolute atomic E-state index is 0.439. The van der Waals surface area contributed by atoms with Crippen molar-refractivity contribution in [2.75, 3.05) is 19.6 Å². The zero-order chi connectivity index (χ0) is 11.1. The van der Waals surface area contributed by atoms with Crippen LogP contribution in [-0.4, -0.2) is 37.9 Å². The molecule has 0 aromatic rings. The van der Waals surface area contributed by atoms with E-state index < -0.39 is 0 Å². The molecule has 2 N–H and O–H groups in total. The average Bonchev–Trinajstić information content (AvgIpc) is 2.62. The summed E-state index contributed by atoms with van der Waals surface area (Å²) in [6.45, 7) is 9.74. The molecule has 0 aromatic carbocycles. The van der Waals surface area contributed by atoms with Gasteiger partial charge in [0.25, 0.3) is 0 Å². The molecular formula is C12H26N2O. The van der Waals surface area contributed by atoms with E-state index in [1.807, 2.05) is 0 Å². The second kappa shape index (κ2) is 7.20. The third kappa shape index (κ3) is 5.50. The van der Waals surface area contributed by atoms with Gasteiger partial charge in [0.1, 0.15) is 0 Å². The van der Waals surface area contributed by atoms with Crippen molar-refractivity contribution in [2.45, 2.75) is 58.3 Å². The second-order valence-electron chi connectivity index (χ2n) is 4.66. The van der Waals surface area contributed by atoms with Crippen molar-refractivity contribution >= 4 is 0 Å². The Kier molecular flexibility index (Phi) is 6.22. The lowest BCUT2D eigenvalue weighted by Gasteiger charge is -2.17. The van der Waals surface area contributed by atoms with Gasteiger partial charge in [-0.3, -0.25) is 0 Å². The zero-order valence-electron chi connectivity index (χ0n) is 10.4. The van der Waals surface area contributed by atoms with E-state index in [4.69, 9.17) is 4.74 Å². The van der Waals surface area contributed by atoms with Gasteiger partial charge in [-0.15, -0.1) is 0 Å². The van der Waals surface area contributed by atoms with Crippen molar-refractivity contribution in [1.82, 2.24) is 10.6 Å². The van der Waals surface area contributed by atoms with E-state index in [1.165, 1.54) is 19.3 Å². The lowest BCUT2D eigenvalue weighted by molar-refractivity contribution is 0.0546. The summed E-state index contributed by atoms with van der Waals surface area (Å²) in [5.41, 5.74) is 0. The Hall–Kier alpha value is -0.120. The molecule has 0 saturated carbocycles. The first-order valence-corrected chi connectivity index (χ1v) is 6.32. The number of rotatable bonds is 7. The van der Waals surface area contributed by atoms with Crippen LogP contribution in [0.3, 0.4) is 0 Å². The fourth-order valence-electron chi connectivity index (χ4n) is 1.94. The first-order valence-electron chi connectivity index (χ1n) is 6.32. The molecule has 1 saturated heterocycles. The standard InChI is InChI=1S/C12H26N2O/c1-4-7-13-8-10(2)14-9-12-6-5-11(3)15-12/h10-14H,4-9H2,1-3H3. The summed E-state index contributed by atoms with van der Waals surface area (Å²) in [6.07, 6.45) is 4.53. The van der Waals surface area contributed by atoms with Crippen LogP contribution in [0.1, 0.15) is 40.0 Å². The molecule has 1 rings (SSSR count). The third-order valence-electron chi connectivity index (χ3n) is 2.89. The monoisotopic (exact) mass is 214 g/mol. The van der Waals surface area contributed by atoms with Crippen LogP contribution in [0, 0.1) is 0 Å². The van der Waals surface area contributed by atoms with Gasteiger partial charge < -0.3 is 15.4 Å². The van der Waals surface area contributed by atoms with Crippen LogP contribution in [0.5, 0.6) is 0 Å². The Bertz CT molecular complexity index is 164. The number of hydrogen-bond acceptors (Lipinski definition) is 3. The van der Waals surface area contributed by atoms with Gasteiger partial charge in [0, 0.05) is 19.1 Å². The molecule has 90 valence electrons. The second-order valence-corrected chi connectivity index (χ2v) is 4.66. The highest BCUT2D eigenvalue weighted by Gasteiger charge is 2.21. The van der Waals surface area contributed by atoms with Crippen LogP contribution in [0.25, 0.3) is 0 Å². The molecule has 3 atom stereocenters. The maximum absolute atomic E-state index is 5.75. The van der Waals surface area contributed by atoms with Crippen LogP contribution in [0.4, 0.5) is 0 Å². The summed E-state index contributed by atoms with van der Waals surface area (Å²) in [4.78, 5) is 0. The third-order valence-corrected chi connectivity index (χ3v) is 2.89. The Morgan fingerprint density at radius 3 is 2.80 bits per heavy atom. The fraction of sp³-hybridized carbons (Fsp3) is 1.00. The summed E-state index contributed by atoms with van der Waals surface area (Å²) in [5.74, 6) is 0. The summed E-state index contributed by atoms with van der Waals surface area (Å²) in [5, 5.41) is 6.93. The van der Waals surface area contributed by atoms with E-state index in [0.717, 1.165) is 19.6 Å². The molecule has 0 amide bonds. The largest absolute Gasteiger partial charge is 0.374 e. The Morgan fingerprint density at radius 1 is 1.40 bits per heavy atom. The topological polar surface area (TPSA) is 33.3 Å². The molecule has 0 aliphatic carbocycles. The molecular weight excluding hydrogens is 188 g/mol. The van der Waals surface area contributed by atoms with Crippen molar-refractivity contribution in [3.05, 3.63) is 0 Å². The lowest BCUT2D eigenvalue weighted by Crippen LogP contribution is -2.40. The summed E-state index contributed by atoms with van der Waals surface area (Å²) in [6, 6.07) is 0.538. The summed E-state index contributed by atoms with van der Waals surface area (Å²) in [7, 11) is 0. The van der Waals surface area contributed by atoms with Crippen molar-refractivity contribution in [3.8, 4) is 0 Å². The Labute approximate surface area is 94.0 Å². The van der Waals surface area contributed by atoms with Crippen molar-refractivity contribution < 1.29 is 4.74 Å². The van der Waals surface area contributed by atoms with Gasteiger partial charge in [0.15, 0.2) is 0 Å². The SMILES string of the molecule is CCCNCC(C)NCC1CCC(C)O1. The molecule has 3 unspecified atom stereocenters. The smallest absolute Gasteiger partial charge is 0.0704 e. The molecule has 0 bridgehead atoms. The molecule has 15 heavy (non-hydrogen) atoms. The van der Waals surface area contributed by atoms with E-state index in [1.54, 1.807) is 0 Å². The van der Waals surface area contributed by atoms with E-state index in [-0.39, 0.29) is 0 Å². The highest BCUT2D eigenvalue weighted by atomic mass is 16.5. The average molecular weight is 214 g/mol. The predicted octanol–water partition coefficient (Wildman–Crippen LogP) is 1.53. The summed E-state index contributed by atoms with van der Waals surface area (Å²) < 4.78 is 5.75. The Morgan fingerprint density at radius 2 is 2.20 bits per heavy atom. The minimum atomic E-state index is 0.439. The fourth-order valence-corrected chi connectivity index (χ4v) is 1.94. The molecule has 1 aliphatic rings. The van der Waals surface area contributed by atoms with Crippen molar-refractivity contribution in [3.63, 3.8) is 0 Å². The number of ether oxygens (including phenoxy) is 1. The molecule has 1 heterocycles. The van der Waals surface area contributed by atoms with Gasteiger partial charge in [0.05, 0.1) is 12.2 Å². The zero-order valence-corrected chi connectivity index (χ0v) is 10.4. The first-order chi connectivity index (χ1) is 7.22. The first kappa shape index (κ1) is 12.9. The van der Waals surface area contributed by atoms with Crippen molar-refractivity contribution in [1.29, 1.82) is 0 Å². The molecule has 0 aromatic heterocycles. The maximum atomic E-state index is 5.75. The predicted molar refractivity (Wildman–Crippen MR) is 64.2 cm³/mol. The van der Waals surface area contributed by atoms with Crippen molar-refractivity contribution in [2.24, 2.45) is 0 Å². The molecule has 1 aliphatic heterocycles. The van der Waals surface area contributed by atoms with Crippen LogP contribution in [0.2, 0.25) is 0 Å². The maximum Gasteiger partial charge on any atom is 0.0704 e. The van der Waals surface area contributed by atoms with Crippen LogP contribution < -0.4 is 10.6 Å². The molecule has 0 spiro atoms.